The maximum atomic E-state index is 11.4. The summed E-state index contributed by atoms with van der Waals surface area (Å²) in [5, 5.41) is 0. The van der Waals surface area contributed by atoms with Crippen molar-refractivity contribution in [1.82, 2.24) is 9.88 Å². The zero-order chi connectivity index (χ0) is 10.7. The van der Waals surface area contributed by atoms with Gasteiger partial charge in [0.05, 0.1) is 6.54 Å². The lowest BCUT2D eigenvalue weighted by molar-refractivity contribution is 0.133. The van der Waals surface area contributed by atoms with E-state index in [1.54, 1.807) is 17.3 Å². The quantitative estimate of drug-likeness (QED) is 0.785. The molecule has 1 unspecified atom stereocenters. The Morgan fingerprint density at radius 1 is 1.67 bits per heavy atom. The van der Waals surface area contributed by atoms with Crippen LogP contribution in [0.3, 0.4) is 0 Å². The Morgan fingerprint density at radius 3 is 3.20 bits per heavy atom. The van der Waals surface area contributed by atoms with E-state index in [0.717, 1.165) is 5.56 Å². The summed E-state index contributed by atoms with van der Waals surface area (Å²) < 4.78 is 5.20. The number of ether oxygens (including phenoxy) is 1. The number of rotatable bonds is 3. The fourth-order valence-corrected chi connectivity index (χ4v) is 1.59. The van der Waals surface area contributed by atoms with E-state index in [2.05, 4.69) is 4.98 Å². The standard InChI is InChI=1S/C10H13N3O2/c11-3-5-13-7-9(15-10(13)14)8-2-1-4-12-6-8/h1-2,4,6,9H,3,5,7,11H2. The zero-order valence-corrected chi connectivity index (χ0v) is 8.30. The van der Waals surface area contributed by atoms with E-state index >= 15 is 0 Å². The van der Waals surface area contributed by atoms with Crippen LogP contribution in [0.25, 0.3) is 0 Å². The number of aromatic nitrogens is 1. The van der Waals surface area contributed by atoms with Gasteiger partial charge in [0.1, 0.15) is 6.10 Å². The summed E-state index contributed by atoms with van der Waals surface area (Å²) in [6, 6.07) is 3.73. The molecular weight excluding hydrogens is 194 g/mol. The number of cyclic esters (lactones) is 1. The minimum atomic E-state index is -0.297. The van der Waals surface area contributed by atoms with Crippen LogP contribution in [0.1, 0.15) is 11.7 Å². The van der Waals surface area contributed by atoms with Crippen LogP contribution < -0.4 is 5.73 Å². The molecular formula is C10H13N3O2. The van der Waals surface area contributed by atoms with Crippen molar-refractivity contribution in [2.24, 2.45) is 5.73 Å². The molecule has 1 atom stereocenters. The van der Waals surface area contributed by atoms with Gasteiger partial charge in [0.15, 0.2) is 0 Å². The molecule has 1 aromatic heterocycles. The third-order valence-corrected chi connectivity index (χ3v) is 2.34. The minimum absolute atomic E-state index is 0.210. The van der Waals surface area contributed by atoms with E-state index in [-0.39, 0.29) is 12.2 Å². The fourth-order valence-electron chi connectivity index (χ4n) is 1.59. The molecule has 80 valence electrons. The smallest absolute Gasteiger partial charge is 0.410 e. The predicted octanol–water partition coefficient (Wildman–Crippen LogP) is 0.534. The molecule has 0 radical (unpaired) electrons. The SMILES string of the molecule is NCCN1CC(c2cccnc2)OC1=O. The van der Waals surface area contributed by atoms with E-state index in [9.17, 15) is 4.79 Å². The normalized spacial score (nSPS) is 20.5. The monoisotopic (exact) mass is 207 g/mol. The van der Waals surface area contributed by atoms with Crippen LogP contribution in [0.5, 0.6) is 0 Å². The van der Waals surface area contributed by atoms with Crippen LogP contribution in [-0.4, -0.2) is 35.6 Å². The van der Waals surface area contributed by atoms with Crippen LogP contribution in [0, 0.1) is 0 Å². The number of hydrogen-bond donors (Lipinski definition) is 1. The molecule has 1 fully saturated rings. The van der Waals surface area contributed by atoms with E-state index in [0.29, 0.717) is 19.6 Å². The molecule has 1 aliphatic heterocycles. The van der Waals surface area contributed by atoms with Crippen molar-refractivity contribution in [2.45, 2.75) is 6.10 Å². The fraction of sp³-hybridized carbons (Fsp3) is 0.400. The van der Waals surface area contributed by atoms with Gasteiger partial charge in [-0.25, -0.2) is 4.79 Å². The number of nitrogens with zero attached hydrogens (tertiary/aromatic N) is 2. The molecule has 0 bridgehead atoms. The van der Waals surface area contributed by atoms with Crippen molar-refractivity contribution in [3.8, 4) is 0 Å². The second-order valence-corrected chi connectivity index (χ2v) is 3.39. The van der Waals surface area contributed by atoms with E-state index in [1.807, 2.05) is 12.1 Å². The maximum Gasteiger partial charge on any atom is 0.410 e. The van der Waals surface area contributed by atoms with Gasteiger partial charge in [-0.05, 0) is 6.07 Å². The summed E-state index contributed by atoms with van der Waals surface area (Å²) in [5.74, 6) is 0. The van der Waals surface area contributed by atoms with Gasteiger partial charge in [0, 0.05) is 31.0 Å². The molecule has 5 heteroatoms. The summed E-state index contributed by atoms with van der Waals surface area (Å²) in [5.41, 5.74) is 6.31. The molecule has 1 aromatic rings. The Morgan fingerprint density at radius 2 is 2.53 bits per heavy atom. The summed E-state index contributed by atoms with van der Waals surface area (Å²) in [6.45, 7) is 1.55. The second-order valence-electron chi connectivity index (χ2n) is 3.39. The van der Waals surface area contributed by atoms with Crippen molar-refractivity contribution in [1.29, 1.82) is 0 Å². The molecule has 15 heavy (non-hydrogen) atoms. The Bertz CT molecular complexity index is 342. The van der Waals surface area contributed by atoms with Crippen LogP contribution >= 0.6 is 0 Å². The van der Waals surface area contributed by atoms with Gasteiger partial charge in [0.25, 0.3) is 0 Å². The first kappa shape index (κ1) is 9.92. The summed E-state index contributed by atoms with van der Waals surface area (Å²) in [7, 11) is 0. The third kappa shape index (κ3) is 2.07. The molecule has 1 aliphatic rings. The number of amides is 1. The van der Waals surface area contributed by atoms with Gasteiger partial charge in [-0.15, -0.1) is 0 Å². The van der Waals surface area contributed by atoms with Crippen LogP contribution in [-0.2, 0) is 4.74 Å². The lowest BCUT2D eigenvalue weighted by Gasteiger charge is -2.10. The number of carbonyl (C=O) groups is 1. The second kappa shape index (κ2) is 4.27. The first-order valence-corrected chi connectivity index (χ1v) is 4.87. The molecule has 0 saturated carbocycles. The molecule has 1 amide bonds. The Labute approximate surface area is 87.8 Å². The topological polar surface area (TPSA) is 68.4 Å². The number of hydrogen-bond acceptors (Lipinski definition) is 4. The Kier molecular flexibility index (Phi) is 2.82. The predicted molar refractivity (Wildman–Crippen MR) is 54.1 cm³/mol. The van der Waals surface area contributed by atoms with Crippen molar-refractivity contribution < 1.29 is 9.53 Å². The minimum Gasteiger partial charge on any atom is -0.439 e. The van der Waals surface area contributed by atoms with Gasteiger partial charge in [-0.3, -0.25) is 4.98 Å². The van der Waals surface area contributed by atoms with Gasteiger partial charge < -0.3 is 15.4 Å². The largest absolute Gasteiger partial charge is 0.439 e. The highest BCUT2D eigenvalue weighted by atomic mass is 16.6. The maximum absolute atomic E-state index is 11.4. The highest BCUT2D eigenvalue weighted by Crippen LogP contribution is 2.24. The van der Waals surface area contributed by atoms with Gasteiger partial charge >= 0.3 is 6.09 Å². The molecule has 0 aromatic carbocycles. The average Bonchev–Trinajstić information content (AvgIpc) is 2.63. The summed E-state index contributed by atoms with van der Waals surface area (Å²) in [6.07, 6.45) is 2.90. The number of pyridine rings is 1. The molecule has 2 heterocycles. The van der Waals surface area contributed by atoms with Crippen molar-refractivity contribution >= 4 is 6.09 Å². The molecule has 0 spiro atoms. The highest BCUT2D eigenvalue weighted by molar-refractivity contribution is 5.70. The molecule has 2 rings (SSSR count). The molecule has 0 aliphatic carbocycles. The van der Waals surface area contributed by atoms with Crippen molar-refractivity contribution in [3.05, 3.63) is 30.1 Å². The van der Waals surface area contributed by atoms with Crippen molar-refractivity contribution in [2.75, 3.05) is 19.6 Å². The van der Waals surface area contributed by atoms with Crippen LogP contribution in [0.15, 0.2) is 24.5 Å². The highest BCUT2D eigenvalue weighted by Gasteiger charge is 2.31. The van der Waals surface area contributed by atoms with Crippen LogP contribution in [0.4, 0.5) is 4.79 Å². The first-order chi connectivity index (χ1) is 7.31. The van der Waals surface area contributed by atoms with Gasteiger partial charge in [-0.1, -0.05) is 6.07 Å². The average molecular weight is 207 g/mol. The van der Waals surface area contributed by atoms with E-state index < -0.39 is 0 Å². The molecule has 5 nitrogen and oxygen atoms in total. The lowest BCUT2D eigenvalue weighted by atomic mass is 10.1. The lowest BCUT2D eigenvalue weighted by Crippen LogP contribution is -2.30. The van der Waals surface area contributed by atoms with Gasteiger partial charge in [-0.2, -0.15) is 0 Å². The zero-order valence-electron chi connectivity index (χ0n) is 8.30. The Balaban J connectivity index is 2.06. The molecule has 2 N–H and O–H groups in total. The van der Waals surface area contributed by atoms with Crippen molar-refractivity contribution in [3.63, 3.8) is 0 Å². The van der Waals surface area contributed by atoms with E-state index in [1.165, 1.54) is 0 Å². The first-order valence-electron chi connectivity index (χ1n) is 4.87. The molecule has 1 saturated heterocycles. The van der Waals surface area contributed by atoms with Crippen LogP contribution in [0.2, 0.25) is 0 Å². The number of nitrogens with two attached hydrogens (primary N) is 1. The third-order valence-electron chi connectivity index (χ3n) is 2.34. The summed E-state index contributed by atoms with van der Waals surface area (Å²) >= 11 is 0. The van der Waals surface area contributed by atoms with Gasteiger partial charge in [0.2, 0.25) is 0 Å². The number of carbonyl (C=O) groups excluding carboxylic acids is 1. The Hall–Kier alpha value is -1.62. The summed E-state index contributed by atoms with van der Waals surface area (Å²) in [4.78, 5) is 17.0. The van der Waals surface area contributed by atoms with E-state index in [4.69, 9.17) is 10.5 Å².